The van der Waals surface area contributed by atoms with Crippen LogP contribution in [0.15, 0.2) is 35.2 Å². The van der Waals surface area contributed by atoms with Crippen molar-refractivity contribution in [3.05, 3.63) is 30.3 Å². The molecule has 0 saturated carbocycles. The third-order valence-electron chi connectivity index (χ3n) is 0.756. The molecule has 2 heteroatoms. The number of thiol groups is 1. The fourth-order valence-corrected chi connectivity index (χ4v) is 0.600. The van der Waals surface area contributed by atoms with Crippen molar-refractivity contribution in [1.82, 2.24) is 0 Å². The van der Waals surface area contributed by atoms with E-state index in [9.17, 15) is 0 Å². The van der Waals surface area contributed by atoms with Crippen LogP contribution in [0, 0.1) is 0 Å². The second kappa shape index (κ2) is 4.02. The Morgan fingerprint density at radius 1 is 1.00 bits per heavy atom. The standard InChI is InChI=1S/C6H6S.Cu/c7-6-4-2-1-3-5-6;/h1-5,7H;/q;+2. The van der Waals surface area contributed by atoms with E-state index in [2.05, 4.69) is 12.6 Å². The van der Waals surface area contributed by atoms with Gasteiger partial charge in [0, 0.05) is 4.90 Å². The molecule has 45 valence electrons. The molecule has 0 heterocycles. The first kappa shape index (κ1) is 8.09. The first-order chi connectivity index (χ1) is 3.39. The van der Waals surface area contributed by atoms with E-state index in [4.69, 9.17) is 0 Å². The molecule has 0 nitrogen and oxygen atoms in total. The van der Waals surface area contributed by atoms with E-state index in [1.165, 1.54) is 0 Å². The summed E-state index contributed by atoms with van der Waals surface area (Å²) in [6.45, 7) is 0. The number of hydrogen-bond donors (Lipinski definition) is 1. The maximum absolute atomic E-state index is 4.08. The molecular weight excluding hydrogens is 168 g/mol. The van der Waals surface area contributed by atoms with Crippen LogP contribution in [0.4, 0.5) is 0 Å². The molecule has 8 heavy (non-hydrogen) atoms. The molecule has 1 aromatic carbocycles. The number of hydrogen-bond acceptors (Lipinski definition) is 1. The average Bonchev–Trinajstić information content (AvgIpc) is 1.69. The molecule has 0 aliphatic rings. The molecule has 0 spiro atoms. The van der Waals surface area contributed by atoms with E-state index in [1.54, 1.807) is 0 Å². The summed E-state index contributed by atoms with van der Waals surface area (Å²) in [6, 6.07) is 9.79. The van der Waals surface area contributed by atoms with Crippen molar-refractivity contribution in [2.24, 2.45) is 0 Å². The largest absolute Gasteiger partial charge is 2.00 e. The fraction of sp³-hybridized carbons (Fsp3) is 0. The van der Waals surface area contributed by atoms with Crippen LogP contribution in [-0.4, -0.2) is 0 Å². The maximum Gasteiger partial charge on any atom is 2.00 e. The van der Waals surface area contributed by atoms with E-state index in [0.717, 1.165) is 4.90 Å². The van der Waals surface area contributed by atoms with Crippen molar-refractivity contribution in [2.45, 2.75) is 4.90 Å². The van der Waals surface area contributed by atoms with Crippen molar-refractivity contribution in [3.63, 3.8) is 0 Å². The molecule has 0 unspecified atom stereocenters. The van der Waals surface area contributed by atoms with Gasteiger partial charge >= 0.3 is 17.1 Å². The van der Waals surface area contributed by atoms with Gasteiger partial charge in [-0.1, -0.05) is 18.2 Å². The Morgan fingerprint density at radius 2 is 1.50 bits per heavy atom. The Kier molecular flexibility index (Phi) is 4.06. The van der Waals surface area contributed by atoms with Gasteiger partial charge in [-0.2, -0.15) is 0 Å². The van der Waals surface area contributed by atoms with Gasteiger partial charge in [0.25, 0.3) is 0 Å². The van der Waals surface area contributed by atoms with Gasteiger partial charge in [0.05, 0.1) is 0 Å². The molecule has 1 radical (unpaired) electrons. The van der Waals surface area contributed by atoms with Gasteiger partial charge in [0.1, 0.15) is 0 Å². The van der Waals surface area contributed by atoms with E-state index in [-0.39, 0.29) is 17.1 Å². The fourth-order valence-electron chi connectivity index (χ4n) is 0.428. The SMILES string of the molecule is Sc1ccccc1.[Cu+2]. The summed E-state index contributed by atoms with van der Waals surface area (Å²) < 4.78 is 0. The smallest absolute Gasteiger partial charge is 0.143 e. The van der Waals surface area contributed by atoms with Crippen molar-refractivity contribution in [3.8, 4) is 0 Å². The number of rotatable bonds is 0. The first-order valence-corrected chi connectivity index (χ1v) is 2.58. The van der Waals surface area contributed by atoms with E-state index < -0.39 is 0 Å². The monoisotopic (exact) mass is 173 g/mol. The van der Waals surface area contributed by atoms with Crippen LogP contribution in [0.3, 0.4) is 0 Å². The van der Waals surface area contributed by atoms with E-state index >= 15 is 0 Å². The molecule has 0 fully saturated rings. The summed E-state index contributed by atoms with van der Waals surface area (Å²) >= 11 is 4.08. The minimum atomic E-state index is 0. The molecule has 1 rings (SSSR count). The number of benzene rings is 1. The molecule has 0 N–H and O–H groups in total. The van der Waals surface area contributed by atoms with Gasteiger partial charge in [-0.05, 0) is 12.1 Å². The van der Waals surface area contributed by atoms with Gasteiger partial charge in [0.15, 0.2) is 0 Å². The van der Waals surface area contributed by atoms with Crippen molar-refractivity contribution >= 4 is 12.6 Å². The molecule has 0 amide bonds. The van der Waals surface area contributed by atoms with E-state index in [1.807, 2.05) is 30.3 Å². The molecular formula is C6H6CuS+2. The van der Waals surface area contributed by atoms with Gasteiger partial charge < -0.3 is 0 Å². The van der Waals surface area contributed by atoms with Crippen LogP contribution in [0.2, 0.25) is 0 Å². The second-order valence-corrected chi connectivity index (χ2v) is 1.85. The molecule has 1 aromatic rings. The summed E-state index contributed by atoms with van der Waals surface area (Å²) in [7, 11) is 0. The molecule has 0 bridgehead atoms. The first-order valence-electron chi connectivity index (χ1n) is 2.13. The summed E-state index contributed by atoms with van der Waals surface area (Å²) in [6.07, 6.45) is 0. The Labute approximate surface area is 65.2 Å². The van der Waals surface area contributed by atoms with Crippen LogP contribution in [0.25, 0.3) is 0 Å². The zero-order valence-electron chi connectivity index (χ0n) is 4.14. The molecule has 0 aliphatic heterocycles. The maximum atomic E-state index is 4.08. The van der Waals surface area contributed by atoms with Crippen molar-refractivity contribution < 1.29 is 17.1 Å². The minimum Gasteiger partial charge on any atom is -0.143 e. The third-order valence-corrected chi connectivity index (χ3v) is 1.05. The van der Waals surface area contributed by atoms with Crippen molar-refractivity contribution in [2.75, 3.05) is 0 Å². The summed E-state index contributed by atoms with van der Waals surface area (Å²) in [5.41, 5.74) is 0. The Bertz CT molecular complexity index is 138. The molecule has 0 atom stereocenters. The normalized spacial score (nSPS) is 7.62. The predicted molar refractivity (Wildman–Crippen MR) is 33.7 cm³/mol. The Hall–Kier alpha value is 0.0895. The zero-order chi connectivity index (χ0) is 5.11. The molecule has 0 aliphatic carbocycles. The second-order valence-electron chi connectivity index (χ2n) is 1.34. The van der Waals surface area contributed by atoms with Gasteiger partial charge in [0.2, 0.25) is 0 Å². The van der Waals surface area contributed by atoms with Crippen LogP contribution >= 0.6 is 12.6 Å². The van der Waals surface area contributed by atoms with E-state index in [0.29, 0.717) is 0 Å². The van der Waals surface area contributed by atoms with Crippen molar-refractivity contribution in [1.29, 1.82) is 0 Å². The quantitative estimate of drug-likeness (QED) is 0.450. The summed E-state index contributed by atoms with van der Waals surface area (Å²) in [5, 5.41) is 0. The van der Waals surface area contributed by atoms with Gasteiger partial charge in [-0.3, -0.25) is 0 Å². The predicted octanol–water partition coefficient (Wildman–Crippen LogP) is 1.97. The zero-order valence-corrected chi connectivity index (χ0v) is 5.97. The minimum absolute atomic E-state index is 0. The molecule has 0 aromatic heterocycles. The van der Waals surface area contributed by atoms with Crippen LogP contribution in [-0.2, 0) is 17.1 Å². The van der Waals surface area contributed by atoms with Crippen LogP contribution < -0.4 is 0 Å². The summed E-state index contributed by atoms with van der Waals surface area (Å²) in [5.74, 6) is 0. The Morgan fingerprint density at radius 3 is 1.75 bits per heavy atom. The topological polar surface area (TPSA) is 0 Å². The average molecular weight is 174 g/mol. The Balaban J connectivity index is 0.000000490. The third kappa shape index (κ3) is 2.41. The van der Waals surface area contributed by atoms with Crippen LogP contribution in [0.1, 0.15) is 0 Å². The van der Waals surface area contributed by atoms with Crippen LogP contribution in [0.5, 0.6) is 0 Å². The van der Waals surface area contributed by atoms with Gasteiger partial charge in [-0.15, -0.1) is 12.6 Å². The van der Waals surface area contributed by atoms with Gasteiger partial charge in [-0.25, -0.2) is 0 Å². The summed E-state index contributed by atoms with van der Waals surface area (Å²) in [4.78, 5) is 1.02. The molecule has 0 saturated heterocycles.